The van der Waals surface area contributed by atoms with Crippen LogP contribution >= 0.6 is 0 Å². The predicted molar refractivity (Wildman–Crippen MR) is 90.6 cm³/mol. The Kier molecular flexibility index (Phi) is 3.35. The van der Waals surface area contributed by atoms with Gasteiger partial charge < -0.3 is 9.73 Å². The van der Waals surface area contributed by atoms with Crippen LogP contribution in [0.25, 0.3) is 22.2 Å². The number of carbonyl (C=O) groups is 1. The van der Waals surface area contributed by atoms with E-state index in [0.29, 0.717) is 17.0 Å². The average Bonchev–Trinajstić information content (AvgIpc) is 3.21. The Balaban J connectivity index is 1.66. The van der Waals surface area contributed by atoms with Gasteiger partial charge >= 0.3 is 0 Å². The van der Waals surface area contributed by atoms with Gasteiger partial charge in [0.1, 0.15) is 5.58 Å². The largest absolute Gasteiger partial charge is 0.451 e. The molecule has 6 nitrogen and oxygen atoms in total. The molecule has 118 valence electrons. The van der Waals surface area contributed by atoms with Crippen molar-refractivity contribution in [1.82, 2.24) is 14.8 Å². The molecule has 3 aromatic heterocycles. The molecular formula is C18H14N4O2. The van der Waals surface area contributed by atoms with Crippen molar-refractivity contribution in [3.63, 3.8) is 0 Å². The number of furan rings is 1. The molecule has 0 aliphatic carbocycles. The molecule has 1 amide bonds. The summed E-state index contributed by atoms with van der Waals surface area (Å²) in [4.78, 5) is 16.9. The van der Waals surface area contributed by atoms with Gasteiger partial charge in [0.25, 0.3) is 5.91 Å². The van der Waals surface area contributed by atoms with Gasteiger partial charge in [-0.1, -0.05) is 18.2 Å². The molecule has 6 heteroatoms. The van der Waals surface area contributed by atoms with Crippen LogP contribution in [-0.2, 0) is 7.05 Å². The van der Waals surface area contributed by atoms with E-state index < -0.39 is 0 Å². The maximum atomic E-state index is 12.5. The monoisotopic (exact) mass is 318 g/mol. The van der Waals surface area contributed by atoms with Crippen LogP contribution in [0.4, 0.5) is 5.69 Å². The summed E-state index contributed by atoms with van der Waals surface area (Å²) in [5.41, 5.74) is 2.78. The molecule has 0 aliphatic heterocycles. The lowest BCUT2D eigenvalue weighted by atomic mass is 10.2. The Labute approximate surface area is 137 Å². The number of benzene rings is 1. The Bertz CT molecular complexity index is 999. The topological polar surface area (TPSA) is 73.0 Å². The molecule has 0 saturated heterocycles. The number of anilines is 1. The summed E-state index contributed by atoms with van der Waals surface area (Å²) in [6.07, 6.45) is 5.23. The minimum atomic E-state index is -0.315. The molecule has 0 unspecified atom stereocenters. The Morgan fingerprint density at radius 1 is 1.21 bits per heavy atom. The van der Waals surface area contributed by atoms with Crippen LogP contribution in [0.2, 0.25) is 0 Å². The highest BCUT2D eigenvalue weighted by molar-refractivity contribution is 6.06. The van der Waals surface area contributed by atoms with Crippen LogP contribution in [0.3, 0.4) is 0 Å². The fraction of sp³-hybridized carbons (Fsp3) is 0.0556. The number of aromatic nitrogens is 3. The Morgan fingerprint density at radius 3 is 2.88 bits per heavy atom. The van der Waals surface area contributed by atoms with Crippen molar-refractivity contribution in [2.45, 2.75) is 0 Å². The fourth-order valence-electron chi connectivity index (χ4n) is 2.56. The molecule has 0 radical (unpaired) electrons. The van der Waals surface area contributed by atoms with E-state index in [1.807, 2.05) is 37.5 Å². The maximum absolute atomic E-state index is 12.5. The Morgan fingerprint density at radius 2 is 2.08 bits per heavy atom. The number of hydrogen-bond donors (Lipinski definition) is 1. The number of nitrogens with zero attached hydrogens (tertiary/aromatic N) is 3. The summed E-state index contributed by atoms with van der Waals surface area (Å²) in [5.74, 6) is -0.0541. The second-order valence-corrected chi connectivity index (χ2v) is 5.40. The summed E-state index contributed by atoms with van der Waals surface area (Å²) in [5, 5.41) is 7.90. The van der Waals surface area contributed by atoms with Crippen molar-refractivity contribution >= 4 is 22.6 Å². The van der Waals surface area contributed by atoms with Gasteiger partial charge in [-0.2, -0.15) is 5.10 Å². The number of pyridine rings is 1. The highest BCUT2D eigenvalue weighted by Gasteiger charge is 2.15. The van der Waals surface area contributed by atoms with Gasteiger partial charge in [-0.15, -0.1) is 0 Å². The van der Waals surface area contributed by atoms with Crippen molar-refractivity contribution in [2.75, 3.05) is 5.32 Å². The second-order valence-electron chi connectivity index (χ2n) is 5.40. The molecule has 0 saturated carbocycles. The number of para-hydroxylation sites is 1. The Hall–Kier alpha value is -3.41. The normalized spacial score (nSPS) is 10.9. The third-order valence-corrected chi connectivity index (χ3v) is 3.68. The van der Waals surface area contributed by atoms with Crippen LogP contribution in [0.1, 0.15) is 10.6 Å². The van der Waals surface area contributed by atoms with E-state index in [2.05, 4.69) is 15.4 Å². The minimum Gasteiger partial charge on any atom is -0.451 e. The molecule has 0 bridgehead atoms. The summed E-state index contributed by atoms with van der Waals surface area (Å²) >= 11 is 0. The highest BCUT2D eigenvalue weighted by atomic mass is 16.3. The van der Waals surface area contributed by atoms with Crippen LogP contribution in [0, 0.1) is 0 Å². The van der Waals surface area contributed by atoms with Crippen LogP contribution < -0.4 is 5.32 Å². The van der Waals surface area contributed by atoms with E-state index in [-0.39, 0.29) is 11.7 Å². The van der Waals surface area contributed by atoms with E-state index >= 15 is 0 Å². The molecule has 0 atom stereocenters. The first-order valence-electron chi connectivity index (χ1n) is 7.45. The molecule has 4 rings (SSSR count). The van der Waals surface area contributed by atoms with Crippen molar-refractivity contribution in [3.8, 4) is 11.3 Å². The van der Waals surface area contributed by atoms with Crippen molar-refractivity contribution < 1.29 is 9.21 Å². The quantitative estimate of drug-likeness (QED) is 0.627. The van der Waals surface area contributed by atoms with E-state index in [1.54, 1.807) is 35.3 Å². The SMILES string of the molecule is Cn1cc(-c2ncccc2NC(=O)c2cc3ccccc3o2)cn1. The zero-order chi connectivity index (χ0) is 16.5. The van der Waals surface area contributed by atoms with Crippen LogP contribution in [-0.4, -0.2) is 20.7 Å². The number of amides is 1. The molecule has 4 aromatic rings. The summed E-state index contributed by atoms with van der Waals surface area (Å²) in [6, 6.07) is 12.8. The maximum Gasteiger partial charge on any atom is 0.291 e. The highest BCUT2D eigenvalue weighted by Crippen LogP contribution is 2.26. The standard InChI is InChI=1S/C18H14N4O2/c1-22-11-13(10-20-22)17-14(6-4-8-19-17)21-18(23)16-9-12-5-2-3-7-15(12)24-16/h2-11H,1H3,(H,21,23). The zero-order valence-electron chi connectivity index (χ0n) is 12.9. The number of rotatable bonds is 3. The molecule has 3 heterocycles. The average molecular weight is 318 g/mol. The van der Waals surface area contributed by atoms with Gasteiger partial charge in [-0.05, 0) is 24.3 Å². The smallest absolute Gasteiger partial charge is 0.291 e. The molecule has 1 N–H and O–H groups in total. The van der Waals surface area contributed by atoms with Gasteiger partial charge in [-0.25, -0.2) is 0 Å². The third-order valence-electron chi connectivity index (χ3n) is 3.68. The summed E-state index contributed by atoms with van der Waals surface area (Å²) in [7, 11) is 1.83. The third kappa shape index (κ3) is 2.54. The number of fused-ring (bicyclic) bond motifs is 1. The zero-order valence-corrected chi connectivity index (χ0v) is 12.9. The van der Waals surface area contributed by atoms with Crippen LogP contribution in [0.5, 0.6) is 0 Å². The number of nitrogens with one attached hydrogen (secondary N) is 1. The van der Waals surface area contributed by atoms with Gasteiger partial charge in [0, 0.05) is 30.4 Å². The number of hydrogen-bond acceptors (Lipinski definition) is 4. The molecule has 24 heavy (non-hydrogen) atoms. The first-order valence-corrected chi connectivity index (χ1v) is 7.45. The lowest BCUT2D eigenvalue weighted by molar-refractivity contribution is 0.0998. The first-order chi connectivity index (χ1) is 11.7. The van der Waals surface area contributed by atoms with Crippen LogP contribution in [0.15, 0.2) is 65.5 Å². The summed E-state index contributed by atoms with van der Waals surface area (Å²) in [6.45, 7) is 0. The van der Waals surface area contributed by atoms with Gasteiger partial charge in [0.15, 0.2) is 5.76 Å². The van der Waals surface area contributed by atoms with E-state index in [9.17, 15) is 4.79 Å². The van der Waals surface area contributed by atoms with Gasteiger partial charge in [-0.3, -0.25) is 14.5 Å². The van der Waals surface area contributed by atoms with Crippen molar-refractivity contribution in [1.29, 1.82) is 0 Å². The lowest BCUT2D eigenvalue weighted by Crippen LogP contribution is -2.12. The predicted octanol–water partition coefficient (Wildman–Crippen LogP) is 3.48. The van der Waals surface area contributed by atoms with E-state index in [1.165, 1.54) is 0 Å². The van der Waals surface area contributed by atoms with E-state index in [0.717, 1.165) is 10.9 Å². The first kappa shape index (κ1) is 14.2. The fourth-order valence-corrected chi connectivity index (χ4v) is 2.56. The number of aryl methyl sites for hydroxylation is 1. The van der Waals surface area contributed by atoms with E-state index in [4.69, 9.17) is 4.42 Å². The van der Waals surface area contributed by atoms with Gasteiger partial charge in [0.05, 0.1) is 17.6 Å². The van der Waals surface area contributed by atoms with Gasteiger partial charge in [0.2, 0.25) is 0 Å². The molecule has 0 aliphatic rings. The second kappa shape index (κ2) is 5.66. The summed E-state index contributed by atoms with van der Waals surface area (Å²) < 4.78 is 7.29. The van der Waals surface area contributed by atoms with Crippen molar-refractivity contribution in [3.05, 3.63) is 66.8 Å². The van der Waals surface area contributed by atoms with Crippen molar-refractivity contribution in [2.24, 2.45) is 7.05 Å². The number of carbonyl (C=O) groups excluding carboxylic acids is 1. The minimum absolute atomic E-state index is 0.261. The lowest BCUT2D eigenvalue weighted by Gasteiger charge is -2.07. The molecular weight excluding hydrogens is 304 g/mol. The molecule has 0 spiro atoms. The molecule has 1 aromatic carbocycles. The molecule has 0 fully saturated rings.